The maximum absolute atomic E-state index is 11.6. The van der Waals surface area contributed by atoms with Gasteiger partial charge in [-0.25, -0.2) is 0 Å². The summed E-state index contributed by atoms with van der Waals surface area (Å²) >= 11 is 0. The lowest BCUT2D eigenvalue weighted by Crippen LogP contribution is -2.45. The van der Waals surface area contributed by atoms with E-state index in [2.05, 4.69) is 10.6 Å². The second-order valence-electron chi connectivity index (χ2n) is 6.77. The number of rotatable bonds is 6. The molecule has 0 aromatic carbocycles. The highest BCUT2D eigenvalue weighted by Gasteiger charge is 2.40. The van der Waals surface area contributed by atoms with Crippen molar-refractivity contribution in [3.05, 3.63) is 0 Å². The Balaban J connectivity index is 1.62. The molecule has 2 N–H and O–H groups in total. The highest BCUT2D eigenvalue weighted by atomic mass is 16.2. The summed E-state index contributed by atoms with van der Waals surface area (Å²) in [5, 5.41) is 6.32. The molecule has 0 aromatic heterocycles. The molecule has 17 heavy (non-hydrogen) atoms. The van der Waals surface area contributed by atoms with Crippen LogP contribution >= 0.6 is 0 Å². The summed E-state index contributed by atoms with van der Waals surface area (Å²) in [7, 11) is 0. The van der Waals surface area contributed by atoms with E-state index >= 15 is 0 Å². The largest absolute Gasteiger partial charge is 0.350 e. The van der Waals surface area contributed by atoms with Crippen LogP contribution in [-0.4, -0.2) is 24.5 Å². The Morgan fingerprint density at radius 1 is 1.18 bits per heavy atom. The first-order chi connectivity index (χ1) is 7.96. The molecular formula is C14H26N2O. The van der Waals surface area contributed by atoms with Gasteiger partial charge in [0, 0.05) is 5.54 Å². The minimum absolute atomic E-state index is 0.114. The van der Waals surface area contributed by atoms with Gasteiger partial charge in [-0.1, -0.05) is 0 Å². The second-order valence-corrected chi connectivity index (χ2v) is 6.77. The molecule has 0 spiro atoms. The van der Waals surface area contributed by atoms with Crippen molar-refractivity contribution < 1.29 is 4.79 Å². The molecule has 0 unspecified atom stereocenters. The van der Waals surface area contributed by atoms with Gasteiger partial charge in [0.1, 0.15) is 0 Å². The zero-order valence-corrected chi connectivity index (χ0v) is 11.4. The molecule has 0 radical (unpaired) electrons. The molecule has 0 saturated heterocycles. The molecule has 98 valence electrons. The molecule has 1 amide bonds. The predicted molar refractivity (Wildman–Crippen MR) is 69.7 cm³/mol. The molecule has 2 fully saturated rings. The number of carbonyl (C=O) groups excluding carboxylic acids is 1. The molecule has 0 atom stereocenters. The van der Waals surface area contributed by atoms with Crippen molar-refractivity contribution in [3.63, 3.8) is 0 Å². The van der Waals surface area contributed by atoms with Crippen molar-refractivity contribution >= 4 is 5.91 Å². The van der Waals surface area contributed by atoms with E-state index in [-0.39, 0.29) is 11.4 Å². The van der Waals surface area contributed by atoms with Gasteiger partial charge in [-0.3, -0.25) is 4.79 Å². The first-order valence-electron chi connectivity index (χ1n) is 6.97. The topological polar surface area (TPSA) is 41.1 Å². The lowest BCUT2D eigenvalue weighted by molar-refractivity contribution is -0.121. The van der Waals surface area contributed by atoms with Gasteiger partial charge in [0.05, 0.1) is 6.54 Å². The molecule has 2 saturated carbocycles. The summed E-state index contributed by atoms with van der Waals surface area (Å²) < 4.78 is 0. The van der Waals surface area contributed by atoms with Gasteiger partial charge >= 0.3 is 0 Å². The van der Waals surface area contributed by atoms with Crippen molar-refractivity contribution in [1.82, 2.24) is 10.6 Å². The third-order valence-corrected chi connectivity index (χ3v) is 3.64. The van der Waals surface area contributed by atoms with Crippen LogP contribution in [0.15, 0.2) is 0 Å². The third-order valence-electron chi connectivity index (χ3n) is 3.64. The van der Waals surface area contributed by atoms with E-state index in [1.54, 1.807) is 0 Å². The predicted octanol–water partition coefficient (Wildman–Crippen LogP) is 1.93. The van der Waals surface area contributed by atoms with Crippen molar-refractivity contribution in [2.75, 3.05) is 13.1 Å². The van der Waals surface area contributed by atoms with E-state index in [1.807, 2.05) is 20.8 Å². The van der Waals surface area contributed by atoms with Crippen molar-refractivity contribution in [3.8, 4) is 0 Å². The van der Waals surface area contributed by atoms with E-state index < -0.39 is 0 Å². The minimum atomic E-state index is -0.120. The minimum Gasteiger partial charge on any atom is -0.350 e. The lowest BCUT2D eigenvalue weighted by Gasteiger charge is -2.21. The maximum Gasteiger partial charge on any atom is 0.234 e. The quantitative estimate of drug-likeness (QED) is 0.742. The fourth-order valence-corrected chi connectivity index (χ4v) is 2.58. The highest BCUT2D eigenvalue weighted by Crippen LogP contribution is 2.48. The van der Waals surface area contributed by atoms with Crippen LogP contribution in [0.5, 0.6) is 0 Å². The lowest BCUT2D eigenvalue weighted by atomic mass is 9.98. The first kappa shape index (κ1) is 12.9. The number of amides is 1. The first-order valence-corrected chi connectivity index (χ1v) is 6.97. The van der Waals surface area contributed by atoms with Crippen molar-refractivity contribution in [2.24, 2.45) is 17.8 Å². The van der Waals surface area contributed by atoms with Gasteiger partial charge in [0.2, 0.25) is 5.91 Å². The zero-order chi connectivity index (χ0) is 12.5. The number of hydrogen-bond donors (Lipinski definition) is 2. The Labute approximate surface area is 105 Å². The molecule has 3 nitrogen and oxygen atoms in total. The van der Waals surface area contributed by atoms with Crippen LogP contribution in [0, 0.1) is 17.8 Å². The van der Waals surface area contributed by atoms with Gasteiger partial charge in [-0.15, -0.1) is 0 Å². The van der Waals surface area contributed by atoms with Crippen molar-refractivity contribution in [1.29, 1.82) is 0 Å². The fraction of sp³-hybridized carbons (Fsp3) is 0.929. The highest BCUT2D eigenvalue weighted by molar-refractivity contribution is 5.78. The Hall–Kier alpha value is -0.570. The van der Waals surface area contributed by atoms with E-state index in [1.165, 1.54) is 25.7 Å². The molecule has 2 aliphatic carbocycles. The summed E-state index contributed by atoms with van der Waals surface area (Å²) in [4.78, 5) is 11.6. The van der Waals surface area contributed by atoms with Crippen LogP contribution in [0.1, 0.15) is 46.5 Å². The Morgan fingerprint density at radius 3 is 2.12 bits per heavy atom. The van der Waals surface area contributed by atoms with E-state index in [4.69, 9.17) is 0 Å². The van der Waals surface area contributed by atoms with Crippen LogP contribution in [0.2, 0.25) is 0 Å². The fourth-order valence-electron chi connectivity index (χ4n) is 2.58. The summed E-state index contributed by atoms with van der Waals surface area (Å²) in [6.45, 7) is 7.55. The number of carbonyl (C=O) groups is 1. The van der Waals surface area contributed by atoms with Crippen LogP contribution < -0.4 is 10.6 Å². The molecule has 2 rings (SSSR count). The van der Waals surface area contributed by atoms with Crippen molar-refractivity contribution in [2.45, 2.75) is 52.0 Å². The van der Waals surface area contributed by atoms with Gasteiger partial charge in [-0.05, 0) is 70.8 Å². The van der Waals surface area contributed by atoms with Crippen LogP contribution in [0.4, 0.5) is 0 Å². The van der Waals surface area contributed by atoms with Crippen LogP contribution in [0.25, 0.3) is 0 Å². The number of nitrogens with one attached hydrogen (secondary N) is 2. The molecular weight excluding hydrogens is 212 g/mol. The average Bonchev–Trinajstić information content (AvgIpc) is 3.01. The van der Waals surface area contributed by atoms with E-state index in [9.17, 15) is 4.79 Å². The second kappa shape index (κ2) is 4.97. The van der Waals surface area contributed by atoms with Crippen LogP contribution in [-0.2, 0) is 4.79 Å². The SMILES string of the molecule is CC(C)(C)NC(=O)CNCC(C1CC1)C1CC1. The monoisotopic (exact) mass is 238 g/mol. The summed E-state index contributed by atoms with van der Waals surface area (Å²) in [6, 6.07) is 0. The van der Waals surface area contributed by atoms with Crippen LogP contribution in [0.3, 0.4) is 0 Å². The molecule has 3 heteroatoms. The summed E-state index contributed by atoms with van der Waals surface area (Å²) in [6.07, 6.45) is 5.65. The standard InChI is InChI=1S/C14H26N2O/c1-14(2,3)16-13(17)9-15-8-12(10-4-5-10)11-6-7-11/h10-12,15H,4-9H2,1-3H3,(H,16,17). The Bertz CT molecular complexity index is 262. The molecule has 0 bridgehead atoms. The van der Waals surface area contributed by atoms with Gasteiger partial charge in [0.25, 0.3) is 0 Å². The molecule has 2 aliphatic rings. The van der Waals surface area contributed by atoms with E-state index in [0.29, 0.717) is 6.54 Å². The van der Waals surface area contributed by atoms with Gasteiger partial charge in [0.15, 0.2) is 0 Å². The van der Waals surface area contributed by atoms with Gasteiger partial charge in [-0.2, -0.15) is 0 Å². The molecule has 0 aliphatic heterocycles. The Kier molecular flexibility index (Phi) is 3.76. The molecule has 0 aromatic rings. The van der Waals surface area contributed by atoms with E-state index in [0.717, 1.165) is 24.3 Å². The maximum atomic E-state index is 11.6. The summed E-state index contributed by atoms with van der Waals surface area (Å²) in [5.74, 6) is 2.88. The Morgan fingerprint density at radius 2 is 1.71 bits per heavy atom. The normalized spacial score (nSPS) is 20.7. The zero-order valence-electron chi connectivity index (χ0n) is 11.4. The average molecular weight is 238 g/mol. The molecule has 0 heterocycles. The van der Waals surface area contributed by atoms with Gasteiger partial charge < -0.3 is 10.6 Å². The summed E-state index contributed by atoms with van der Waals surface area (Å²) in [5.41, 5.74) is -0.120. The number of hydrogen-bond acceptors (Lipinski definition) is 2. The smallest absolute Gasteiger partial charge is 0.234 e. The third kappa shape index (κ3) is 4.66.